The molecule has 2 heterocycles. The number of carbonyl (C=O) groups excluding carboxylic acids is 1. The smallest absolute Gasteiger partial charge is 0.254 e. The first-order valence-corrected chi connectivity index (χ1v) is 16.3. The van der Waals surface area contributed by atoms with Crippen LogP contribution in [0, 0.1) is 0 Å². The number of benzodiazepines with no additional fused rings is 1. The molecule has 0 saturated carbocycles. The molecule has 0 aromatic heterocycles. The molecule has 192 valence electrons. The number of hydrogen-bond acceptors (Lipinski definition) is 5. The number of nitrogens with zero attached hydrogens (tertiary/aromatic N) is 3. The number of rotatable bonds is 8. The van der Waals surface area contributed by atoms with Crippen LogP contribution in [-0.4, -0.2) is 49.9 Å². The van der Waals surface area contributed by atoms with Gasteiger partial charge in [-0.3, -0.25) is 9.79 Å². The van der Waals surface area contributed by atoms with E-state index in [2.05, 4.69) is 73.1 Å². The summed E-state index contributed by atoms with van der Waals surface area (Å²) < 4.78 is 7.37. The molecular formula is C28H36BrN3O3Si. The van der Waals surface area contributed by atoms with Crippen molar-refractivity contribution >= 4 is 46.2 Å². The number of halogens is 1. The standard InChI is InChI=1S/C28H36BrN3O3Si/c1-28(2,3)36(4,5)34-19-23-27(33)32(17-11-14-21-18-25(29)31-35-21)24-16-10-9-15-22(24)26(30-23)20-12-7-6-8-13-20/h6-10,12-13,15-16,21,23H,11,14,17-19H2,1-5H3/t21-,23-/m1/s1. The molecule has 2 aliphatic heterocycles. The molecule has 2 aromatic carbocycles. The van der Waals surface area contributed by atoms with Crippen LogP contribution < -0.4 is 4.90 Å². The minimum atomic E-state index is -2.06. The summed E-state index contributed by atoms with van der Waals surface area (Å²) >= 11 is 3.41. The number of carbonyl (C=O) groups is 1. The van der Waals surface area contributed by atoms with Gasteiger partial charge in [0.25, 0.3) is 5.91 Å². The lowest BCUT2D eigenvalue weighted by molar-refractivity contribution is -0.120. The summed E-state index contributed by atoms with van der Waals surface area (Å²) in [5, 5.41) is 4.04. The average Bonchev–Trinajstić information content (AvgIpc) is 3.21. The fourth-order valence-electron chi connectivity index (χ4n) is 4.18. The second kappa shape index (κ2) is 11.0. The minimum Gasteiger partial charge on any atom is -0.414 e. The van der Waals surface area contributed by atoms with Crippen molar-refractivity contribution in [3.05, 3.63) is 65.7 Å². The van der Waals surface area contributed by atoms with Gasteiger partial charge in [-0.25, -0.2) is 0 Å². The Morgan fingerprint density at radius 1 is 1.11 bits per heavy atom. The van der Waals surface area contributed by atoms with Gasteiger partial charge in [-0.15, -0.1) is 0 Å². The predicted molar refractivity (Wildman–Crippen MR) is 153 cm³/mol. The van der Waals surface area contributed by atoms with Crippen molar-refractivity contribution in [3.8, 4) is 0 Å². The van der Waals surface area contributed by atoms with Gasteiger partial charge in [0.2, 0.25) is 0 Å². The van der Waals surface area contributed by atoms with Crippen LogP contribution in [0.15, 0.2) is 64.7 Å². The Morgan fingerprint density at radius 2 is 1.81 bits per heavy atom. The molecule has 4 rings (SSSR count). The number of anilines is 1. The second-order valence-corrected chi connectivity index (χ2v) is 16.7. The quantitative estimate of drug-likeness (QED) is 0.339. The van der Waals surface area contributed by atoms with E-state index in [1.165, 1.54) is 0 Å². The number of aliphatic imine (C=N–C) groups is 1. The van der Waals surface area contributed by atoms with E-state index < -0.39 is 14.4 Å². The predicted octanol–water partition coefficient (Wildman–Crippen LogP) is 6.54. The first-order valence-electron chi connectivity index (χ1n) is 12.6. The van der Waals surface area contributed by atoms with Crippen LogP contribution in [0.25, 0.3) is 0 Å². The van der Waals surface area contributed by atoms with E-state index in [0.717, 1.165) is 46.4 Å². The zero-order chi connectivity index (χ0) is 25.9. The number of fused-ring (bicyclic) bond motifs is 1. The number of hydrogen-bond donors (Lipinski definition) is 0. The maximum atomic E-state index is 14.0. The Kier molecular flexibility index (Phi) is 8.17. The summed E-state index contributed by atoms with van der Waals surface area (Å²) in [6, 6.07) is 17.6. The molecule has 2 atom stereocenters. The Bertz CT molecular complexity index is 1140. The molecule has 6 nitrogen and oxygen atoms in total. The van der Waals surface area contributed by atoms with E-state index >= 15 is 0 Å². The van der Waals surface area contributed by atoms with Gasteiger partial charge in [0, 0.05) is 24.1 Å². The lowest BCUT2D eigenvalue weighted by atomic mass is 10.00. The molecule has 0 fully saturated rings. The molecule has 0 radical (unpaired) electrons. The molecule has 1 amide bonds. The van der Waals surface area contributed by atoms with Gasteiger partial charge in [0.05, 0.1) is 18.0 Å². The largest absolute Gasteiger partial charge is 0.414 e. The van der Waals surface area contributed by atoms with Crippen molar-refractivity contribution in [2.45, 2.75) is 70.3 Å². The van der Waals surface area contributed by atoms with Crippen LogP contribution in [0.1, 0.15) is 51.2 Å². The van der Waals surface area contributed by atoms with Crippen molar-refractivity contribution in [2.75, 3.05) is 18.1 Å². The Labute approximate surface area is 224 Å². The summed E-state index contributed by atoms with van der Waals surface area (Å²) in [4.78, 5) is 26.5. The number of oxime groups is 1. The maximum absolute atomic E-state index is 14.0. The first-order chi connectivity index (χ1) is 17.1. The van der Waals surface area contributed by atoms with Crippen molar-refractivity contribution in [2.24, 2.45) is 10.1 Å². The van der Waals surface area contributed by atoms with E-state index in [9.17, 15) is 4.79 Å². The number of benzene rings is 2. The minimum absolute atomic E-state index is 0.0168. The zero-order valence-electron chi connectivity index (χ0n) is 21.8. The van der Waals surface area contributed by atoms with Gasteiger partial charge in [-0.05, 0) is 53.0 Å². The van der Waals surface area contributed by atoms with Crippen LogP contribution in [0.4, 0.5) is 5.69 Å². The highest BCUT2D eigenvalue weighted by atomic mass is 79.9. The van der Waals surface area contributed by atoms with E-state index in [0.29, 0.717) is 6.54 Å². The van der Waals surface area contributed by atoms with Crippen molar-refractivity contribution in [1.29, 1.82) is 0 Å². The molecule has 0 saturated heterocycles. The van der Waals surface area contributed by atoms with Crippen LogP contribution in [0.2, 0.25) is 18.1 Å². The Hall–Kier alpha value is -2.29. The van der Waals surface area contributed by atoms with Crippen molar-refractivity contribution in [1.82, 2.24) is 0 Å². The summed E-state index contributed by atoms with van der Waals surface area (Å²) in [7, 11) is -2.06. The van der Waals surface area contributed by atoms with Gasteiger partial charge >= 0.3 is 0 Å². The lowest BCUT2D eigenvalue weighted by Gasteiger charge is -2.37. The summed E-state index contributed by atoms with van der Waals surface area (Å²) in [5.41, 5.74) is 3.69. The molecule has 0 N–H and O–H groups in total. The molecule has 0 spiro atoms. The molecule has 0 unspecified atom stereocenters. The SMILES string of the molecule is CC(C)(C)[Si](C)(C)OC[C@H]1N=C(c2ccccc2)c2ccccc2N(CCC[C@@H]2CC(Br)=NO2)C1=O. The molecule has 0 bridgehead atoms. The van der Waals surface area contributed by atoms with E-state index in [1.54, 1.807) is 0 Å². The third-order valence-corrected chi connectivity index (χ3v) is 12.3. The molecule has 8 heteroatoms. The highest BCUT2D eigenvalue weighted by Gasteiger charge is 2.39. The Balaban J connectivity index is 1.65. The molecular weight excluding hydrogens is 534 g/mol. The van der Waals surface area contributed by atoms with Crippen molar-refractivity contribution < 1.29 is 14.1 Å². The van der Waals surface area contributed by atoms with Gasteiger partial charge in [0.1, 0.15) is 10.7 Å². The fraction of sp³-hybridized carbons (Fsp3) is 0.464. The second-order valence-electron chi connectivity index (χ2n) is 11.0. The normalized spacial score (nSPS) is 20.4. The summed E-state index contributed by atoms with van der Waals surface area (Å²) in [6.07, 6.45) is 2.44. The summed E-state index contributed by atoms with van der Waals surface area (Å²) in [5.74, 6) is -0.0168. The average molecular weight is 571 g/mol. The van der Waals surface area contributed by atoms with E-state index in [-0.39, 0.29) is 23.7 Å². The van der Waals surface area contributed by atoms with Gasteiger partial charge in [0.15, 0.2) is 14.4 Å². The molecule has 2 aliphatic rings. The number of para-hydroxylation sites is 1. The van der Waals surface area contributed by atoms with Crippen LogP contribution in [-0.2, 0) is 14.1 Å². The highest BCUT2D eigenvalue weighted by molar-refractivity contribution is 9.18. The summed E-state index contributed by atoms with van der Waals surface area (Å²) in [6.45, 7) is 11.9. The van der Waals surface area contributed by atoms with Crippen LogP contribution in [0.3, 0.4) is 0 Å². The van der Waals surface area contributed by atoms with E-state index in [4.69, 9.17) is 14.3 Å². The molecule has 36 heavy (non-hydrogen) atoms. The molecule has 0 aliphatic carbocycles. The Morgan fingerprint density at radius 3 is 2.47 bits per heavy atom. The van der Waals surface area contributed by atoms with Crippen LogP contribution >= 0.6 is 15.9 Å². The van der Waals surface area contributed by atoms with Gasteiger partial charge in [-0.2, -0.15) is 0 Å². The zero-order valence-corrected chi connectivity index (χ0v) is 24.4. The lowest BCUT2D eigenvalue weighted by Crippen LogP contribution is -2.46. The fourth-order valence-corrected chi connectivity index (χ4v) is 5.64. The van der Waals surface area contributed by atoms with Gasteiger partial charge < -0.3 is 14.2 Å². The third-order valence-electron chi connectivity index (χ3n) is 7.35. The first kappa shape index (κ1) is 26.8. The highest BCUT2D eigenvalue weighted by Crippen LogP contribution is 2.37. The van der Waals surface area contributed by atoms with Crippen molar-refractivity contribution in [3.63, 3.8) is 0 Å². The maximum Gasteiger partial charge on any atom is 0.254 e. The molecule has 2 aromatic rings. The number of amides is 1. The third kappa shape index (κ3) is 5.98. The van der Waals surface area contributed by atoms with Gasteiger partial charge in [-0.1, -0.05) is 74.5 Å². The van der Waals surface area contributed by atoms with Crippen LogP contribution in [0.5, 0.6) is 0 Å². The van der Waals surface area contributed by atoms with E-state index in [1.807, 2.05) is 41.3 Å². The monoisotopic (exact) mass is 569 g/mol. The topological polar surface area (TPSA) is 63.5 Å².